The summed E-state index contributed by atoms with van der Waals surface area (Å²) in [6, 6.07) is 11.8. The molecule has 0 heterocycles. The third-order valence-electron chi connectivity index (χ3n) is 4.25. The van der Waals surface area contributed by atoms with E-state index >= 15 is 0 Å². The van der Waals surface area contributed by atoms with E-state index < -0.39 is 0 Å². The molecule has 0 aromatic heterocycles. The Morgan fingerprint density at radius 3 is 2.54 bits per heavy atom. The molecule has 0 aliphatic heterocycles. The van der Waals surface area contributed by atoms with Crippen LogP contribution in [0.2, 0.25) is 0 Å². The van der Waals surface area contributed by atoms with Crippen molar-refractivity contribution in [3.8, 4) is 5.75 Å². The Morgan fingerprint density at radius 2 is 1.86 bits per heavy atom. The van der Waals surface area contributed by atoms with Crippen LogP contribution >= 0.6 is 0 Å². The molecule has 2 N–H and O–H groups in total. The number of benzene rings is 2. The first-order valence-corrected chi connectivity index (χ1v) is 9.09. The second kappa shape index (κ2) is 10.4. The largest absolute Gasteiger partial charge is 0.497 e. The van der Waals surface area contributed by atoms with Gasteiger partial charge in [-0.1, -0.05) is 25.1 Å². The van der Waals surface area contributed by atoms with Gasteiger partial charge in [0, 0.05) is 18.3 Å². The highest BCUT2D eigenvalue weighted by atomic mass is 19.1. The van der Waals surface area contributed by atoms with Crippen LogP contribution in [0.1, 0.15) is 18.1 Å². The van der Waals surface area contributed by atoms with Crippen molar-refractivity contribution >= 4 is 17.5 Å². The first-order valence-electron chi connectivity index (χ1n) is 9.09. The maximum atomic E-state index is 13.3. The second-order valence-corrected chi connectivity index (χ2v) is 6.44. The van der Waals surface area contributed by atoms with Gasteiger partial charge in [0.25, 0.3) is 0 Å². The minimum absolute atomic E-state index is 0.0940. The van der Waals surface area contributed by atoms with Crippen LogP contribution < -0.4 is 15.4 Å². The van der Waals surface area contributed by atoms with E-state index in [2.05, 4.69) is 10.6 Å². The SMILES string of the molecule is CCN(CC(=O)NCc1ccc(F)c(C)c1)CC(=O)Nc1cccc(OC)c1. The van der Waals surface area contributed by atoms with Crippen molar-refractivity contribution in [2.24, 2.45) is 0 Å². The summed E-state index contributed by atoms with van der Waals surface area (Å²) in [4.78, 5) is 26.2. The minimum Gasteiger partial charge on any atom is -0.497 e. The lowest BCUT2D eigenvalue weighted by atomic mass is 10.1. The van der Waals surface area contributed by atoms with Crippen molar-refractivity contribution in [2.75, 3.05) is 32.1 Å². The smallest absolute Gasteiger partial charge is 0.238 e. The Morgan fingerprint density at radius 1 is 1.11 bits per heavy atom. The van der Waals surface area contributed by atoms with Crippen molar-refractivity contribution in [1.29, 1.82) is 0 Å². The molecule has 0 radical (unpaired) electrons. The molecular formula is C21H26FN3O3. The molecule has 0 bridgehead atoms. The van der Waals surface area contributed by atoms with Crippen LogP contribution in [-0.2, 0) is 16.1 Å². The fourth-order valence-electron chi connectivity index (χ4n) is 2.66. The average molecular weight is 387 g/mol. The fraction of sp³-hybridized carbons (Fsp3) is 0.333. The van der Waals surface area contributed by atoms with Crippen LogP contribution in [0.15, 0.2) is 42.5 Å². The highest BCUT2D eigenvalue weighted by molar-refractivity contribution is 5.92. The quantitative estimate of drug-likeness (QED) is 0.694. The van der Waals surface area contributed by atoms with Crippen molar-refractivity contribution in [2.45, 2.75) is 20.4 Å². The van der Waals surface area contributed by atoms with Gasteiger partial charge < -0.3 is 15.4 Å². The maximum absolute atomic E-state index is 13.3. The van der Waals surface area contributed by atoms with E-state index in [1.54, 1.807) is 55.3 Å². The van der Waals surface area contributed by atoms with Crippen LogP contribution in [0.4, 0.5) is 10.1 Å². The van der Waals surface area contributed by atoms with Gasteiger partial charge in [0.05, 0.1) is 20.2 Å². The molecule has 2 rings (SSSR count). The molecule has 2 amide bonds. The number of carbonyl (C=O) groups excluding carboxylic acids is 2. The molecule has 0 saturated heterocycles. The molecule has 150 valence electrons. The van der Waals surface area contributed by atoms with Crippen LogP contribution in [-0.4, -0.2) is 43.5 Å². The molecule has 0 aliphatic rings. The van der Waals surface area contributed by atoms with Gasteiger partial charge in [0.2, 0.25) is 11.8 Å². The van der Waals surface area contributed by atoms with Crippen molar-refractivity contribution in [3.05, 3.63) is 59.4 Å². The Balaban J connectivity index is 1.82. The molecule has 0 aliphatic carbocycles. The van der Waals surface area contributed by atoms with Gasteiger partial charge in [0.15, 0.2) is 0 Å². The summed E-state index contributed by atoms with van der Waals surface area (Å²) in [6.45, 7) is 4.62. The number of likely N-dealkylation sites (N-methyl/N-ethyl adjacent to an activating group) is 1. The monoisotopic (exact) mass is 387 g/mol. The first-order chi connectivity index (χ1) is 13.4. The van der Waals surface area contributed by atoms with Gasteiger partial charge in [-0.3, -0.25) is 14.5 Å². The van der Waals surface area contributed by atoms with Crippen molar-refractivity contribution in [3.63, 3.8) is 0 Å². The summed E-state index contributed by atoms with van der Waals surface area (Å²) in [6.07, 6.45) is 0. The molecule has 0 atom stereocenters. The van der Waals surface area contributed by atoms with Crippen LogP contribution in [0.25, 0.3) is 0 Å². The summed E-state index contributed by atoms with van der Waals surface area (Å²) in [7, 11) is 1.56. The summed E-state index contributed by atoms with van der Waals surface area (Å²) in [5, 5.41) is 5.59. The van der Waals surface area contributed by atoms with Gasteiger partial charge in [-0.2, -0.15) is 0 Å². The second-order valence-electron chi connectivity index (χ2n) is 6.44. The topological polar surface area (TPSA) is 70.7 Å². The molecule has 2 aromatic carbocycles. The molecule has 0 spiro atoms. The van der Waals surface area contributed by atoms with E-state index in [0.717, 1.165) is 5.56 Å². The lowest BCUT2D eigenvalue weighted by molar-refractivity contribution is -0.123. The molecule has 0 unspecified atom stereocenters. The van der Waals surface area contributed by atoms with E-state index in [1.807, 2.05) is 6.92 Å². The van der Waals surface area contributed by atoms with E-state index in [0.29, 0.717) is 30.1 Å². The number of rotatable bonds is 9. The lowest BCUT2D eigenvalue weighted by Gasteiger charge is -2.19. The number of hydrogen-bond donors (Lipinski definition) is 2. The predicted molar refractivity (Wildman–Crippen MR) is 107 cm³/mol. The normalized spacial score (nSPS) is 10.6. The lowest BCUT2D eigenvalue weighted by Crippen LogP contribution is -2.40. The third kappa shape index (κ3) is 6.66. The number of methoxy groups -OCH3 is 1. The summed E-state index contributed by atoms with van der Waals surface area (Å²) < 4.78 is 18.4. The van der Waals surface area contributed by atoms with Gasteiger partial charge in [-0.05, 0) is 42.8 Å². The van der Waals surface area contributed by atoms with Crippen LogP contribution in [0.3, 0.4) is 0 Å². The predicted octanol–water partition coefficient (Wildman–Crippen LogP) is 2.72. The molecular weight excluding hydrogens is 361 g/mol. The van der Waals surface area contributed by atoms with Crippen LogP contribution in [0, 0.1) is 12.7 Å². The standard InChI is InChI=1S/C21H26FN3O3/c1-4-25(14-21(27)24-17-6-5-7-18(11-17)28-3)13-20(26)23-12-16-8-9-19(22)15(2)10-16/h5-11H,4,12-14H2,1-3H3,(H,23,26)(H,24,27). The average Bonchev–Trinajstić information content (AvgIpc) is 2.68. The fourth-order valence-corrected chi connectivity index (χ4v) is 2.66. The maximum Gasteiger partial charge on any atom is 0.238 e. The number of ether oxygens (including phenoxy) is 1. The molecule has 7 heteroatoms. The van der Waals surface area contributed by atoms with Gasteiger partial charge >= 0.3 is 0 Å². The van der Waals surface area contributed by atoms with Crippen molar-refractivity contribution in [1.82, 2.24) is 10.2 Å². The Kier molecular flexibility index (Phi) is 7.95. The van der Waals surface area contributed by atoms with Gasteiger partial charge in [-0.15, -0.1) is 0 Å². The number of amides is 2. The number of carbonyl (C=O) groups is 2. The number of aryl methyl sites for hydroxylation is 1. The van der Waals surface area contributed by atoms with Gasteiger partial charge in [0.1, 0.15) is 11.6 Å². The summed E-state index contributed by atoms with van der Waals surface area (Å²) in [5.74, 6) is -0.0232. The molecule has 0 fully saturated rings. The third-order valence-corrected chi connectivity index (χ3v) is 4.25. The molecule has 28 heavy (non-hydrogen) atoms. The van der Waals surface area contributed by atoms with Gasteiger partial charge in [-0.25, -0.2) is 4.39 Å². The van der Waals surface area contributed by atoms with E-state index in [-0.39, 0.29) is 30.7 Å². The number of nitrogens with one attached hydrogen (secondary N) is 2. The minimum atomic E-state index is -0.269. The number of anilines is 1. The summed E-state index contributed by atoms with van der Waals surface area (Å²) >= 11 is 0. The number of nitrogens with zero attached hydrogens (tertiary/aromatic N) is 1. The Bertz CT molecular complexity index is 826. The number of hydrogen-bond acceptors (Lipinski definition) is 4. The highest BCUT2D eigenvalue weighted by Gasteiger charge is 2.13. The highest BCUT2D eigenvalue weighted by Crippen LogP contribution is 2.16. The molecule has 6 nitrogen and oxygen atoms in total. The van der Waals surface area contributed by atoms with Crippen molar-refractivity contribution < 1.29 is 18.7 Å². The molecule has 0 saturated carbocycles. The van der Waals surface area contributed by atoms with E-state index in [9.17, 15) is 14.0 Å². The Labute approximate surface area is 164 Å². The zero-order chi connectivity index (χ0) is 20.5. The zero-order valence-electron chi connectivity index (χ0n) is 16.4. The van der Waals surface area contributed by atoms with E-state index in [1.165, 1.54) is 6.07 Å². The number of halogens is 1. The Hall–Kier alpha value is -2.93. The first kappa shape index (κ1) is 21.4. The summed E-state index contributed by atoms with van der Waals surface area (Å²) in [5.41, 5.74) is 2.00. The van der Waals surface area contributed by atoms with E-state index in [4.69, 9.17) is 4.74 Å². The molecule has 2 aromatic rings. The zero-order valence-corrected chi connectivity index (χ0v) is 16.4. The van der Waals surface area contributed by atoms with Crippen LogP contribution in [0.5, 0.6) is 5.75 Å².